The van der Waals surface area contributed by atoms with Crippen molar-refractivity contribution >= 4 is 17.8 Å². The molecule has 0 bridgehead atoms. The van der Waals surface area contributed by atoms with Crippen LogP contribution in [0.5, 0.6) is 0 Å². The molecule has 0 saturated carbocycles. The van der Waals surface area contributed by atoms with Crippen LogP contribution in [0.2, 0.25) is 0 Å². The van der Waals surface area contributed by atoms with Crippen molar-refractivity contribution in [3.63, 3.8) is 0 Å². The van der Waals surface area contributed by atoms with E-state index in [9.17, 15) is 9.59 Å². The molecular weight excluding hydrogens is 370 g/mol. The number of anilines is 1. The Labute approximate surface area is 170 Å². The third-order valence-corrected chi connectivity index (χ3v) is 6.11. The Morgan fingerprint density at radius 3 is 2.59 bits per heavy atom. The zero-order valence-corrected chi connectivity index (χ0v) is 17.2. The predicted octanol–water partition coefficient (Wildman–Crippen LogP) is 1.83. The molecule has 2 fully saturated rings. The number of likely N-dealkylation sites (tertiary alicyclic amines) is 1. The summed E-state index contributed by atoms with van der Waals surface area (Å²) in [5, 5.41) is 8.08. The van der Waals surface area contributed by atoms with Crippen LogP contribution in [0.15, 0.2) is 34.7 Å². The first kappa shape index (κ1) is 19.4. The van der Waals surface area contributed by atoms with E-state index in [4.69, 9.17) is 4.42 Å². The van der Waals surface area contributed by atoms with Crippen molar-refractivity contribution in [2.24, 2.45) is 11.3 Å². The fraction of sp³-hybridized carbons (Fsp3) is 0.524. The van der Waals surface area contributed by atoms with Crippen molar-refractivity contribution in [2.75, 3.05) is 45.2 Å². The highest BCUT2D eigenvalue weighted by Gasteiger charge is 2.55. The molecule has 2 aliphatic heterocycles. The fourth-order valence-electron chi connectivity index (χ4n) is 4.74. The first-order chi connectivity index (χ1) is 13.9. The highest BCUT2D eigenvalue weighted by Crippen LogP contribution is 2.45. The molecule has 2 aliphatic rings. The van der Waals surface area contributed by atoms with Gasteiger partial charge in [0, 0.05) is 58.7 Å². The molecule has 0 aliphatic carbocycles. The lowest BCUT2D eigenvalue weighted by molar-refractivity contribution is -0.141. The zero-order valence-electron chi connectivity index (χ0n) is 17.2. The summed E-state index contributed by atoms with van der Waals surface area (Å²) in [7, 11) is 3.59. The van der Waals surface area contributed by atoms with Gasteiger partial charge in [0.05, 0.1) is 5.41 Å². The summed E-state index contributed by atoms with van der Waals surface area (Å²) in [5.74, 6) is 0.627. The molecule has 2 aromatic rings. The van der Waals surface area contributed by atoms with Crippen LogP contribution in [0.25, 0.3) is 0 Å². The molecule has 1 aromatic heterocycles. The SMILES string of the molecule is Cc1nnc(N2C[C@@H]3CN(C(=O)c4ccccc4)CCC[C@]3(C(=O)N(C)C)C2)o1. The summed E-state index contributed by atoms with van der Waals surface area (Å²) in [6.07, 6.45) is 1.52. The largest absolute Gasteiger partial charge is 0.408 e. The fourth-order valence-corrected chi connectivity index (χ4v) is 4.74. The van der Waals surface area contributed by atoms with Crippen LogP contribution in [-0.4, -0.2) is 72.1 Å². The molecule has 2 amide bonds. The smallest absolute Gasteiger partial charge is 0.318 e. The standard InChI is InChI=1S/C21H27N5O3/c1-15-22-23-20(29-15)26-13-17-12-25(18(27)16-8-5-4-6-9-16)11-7-10-21(17,14-26)19(28)24(2)3/h4-6,8-9,17H,7,10-14H2,1-3H3/t17-,21-/m0/s1. The molecule has 0 spiro atoms. The highest BCUT2D eigenvalue weighted by molar-refractivity contribution is 5.94. The van der Waals surface area contributed by atoms with Crippen molar-refractivity contribution < 1.29 is 14.0 Å². The number of hydrogen-bond acceptors (Lipinski definition) is 6. The maximum Gasteiger partial charge on any atom is 0.318 e. The van der Waals surface area contributed by atoms with Crippen LogP contribution in [-0.2, 0) is 4.79 Å². The van der Waals surface area contributed by atoms with E-state index in [0.29, 0.717) is 43.6 Å². The Bertz CT molecular complexity index is 897. The predicted molar refractivity (Wildman–Crippen MR) is 107 cm³/mol. The lowest BCUT2D eigenvalue weighted by Gasteiger charge is -2.34. The molecule has 0 N–H and O–H groups in total. The van der Waals surface area contributed by atoms with Gasteiger partial charge >= 0.3 is 6.01 Å². The molecule has 29 heavy (non-hydrogen) atoms. The Kier molecular flexibility index (Phi) is 5.02. The number of fused-ring (bicyclic) bond motifs is 1. The van der Waals surface area contributed by atoms with Crippen molar-refractivity contribution in [2.45, 2.75) is 19.8 Å². The van der Waals surface area contributed by atoms with Crippen LogP contribution in [0, 0.1) is 18.3 Å². The van der Waals surface area contributed by atoms with E-state index in [1.807, 2.05) is 40.1 Å². The average molecular weight is 397 g/mol. The second-order valence-electron chi connectivity index (χ2n) is 8.26. The van der Waals surface area contributed by atoms with Gasteiger partial charge < -0.3 is 19.1 Å². The summed E-state index contributed by atoms with van der Waals surface area (Å²) in [4.78, 5) is 32.0. The van der Waals surface area contributed by atoms with Crippen molar-refractivity contribution in [3.8, 4) is 0 Å². The molecule has 1 aromatic carbocycles. The third kappa shape index (κ3) is 3.47. The number of carbonyl (C=O) groups is 2. The number of rotatable bonds is 3. The van der Waals surface area contributed by atoms with Crippen LogP contribution >= 0.6 is 0 Å². The summed E-state index contributed by atoms with van der Waals surface area (Å²) < 4.78 is 5.63. The molecule has 0 radical (unpaired) electrons. The van der Waals surface area contributed by atoms with E-state index in [-0.39, 0.29) is 17.7 Å². The van der Waals surface area contributed by atoms with E-state index < -0.39 is 5.41 Å². The first-order valence-corrected chi connectivity index (χ1v) is 10.0. The molecular formula is C21H27N5O3. The number of benzene rings is 1. The van der Waals surface area contributed by atoms with E-state index in [1.54, 1.807) is 25.9 Å². The second-order valence-corrected chi connectivity index (χ2v) is 8.26. The number of aromatic nitrogens is 2. The topological polar surface area (TPSA) is 82.8 Å². The molecule has 4 rings (SSSR count). The Hall–Kier alpha value is -2.90. The van der Waals surface area contributed by atoms with Crippen molar-refractivity contribution in [1.29, 1.82) is 0 Å². The van der Waals surface area contributed by atoms with Gasteiger partial charge in [-0.25, -0.2) is 0 Å². The molecule has 2 atom stereocenters. The first-order valence-electron chi connectivity index (χ1n) is 10.0. The summed E-state index contributed by atoms with van der Waals surface area (Å²) in [6.45, 7) is 4.10. The van der Waals surface area contributed by atoms with E-state index in [0.717, 1.165) is 12.8 Å². The Balaban J connectivity index is 1.64. The number of aryl methyl sites for hydroxylation is 1. The quantitative estimate of drug-likeness (QED) is 0.786. The van der Waals surface area contributed by atoms with Gasteiger partial charge in [-0.2, -0.15) is 0 Å². The van der Waals surface area contributed by atoms with Crippen LogP contribution in [0.4, 0.5) is 6.01 Å². The summed E-state index contributed by atoms with van der Waals surface area (Å²) in [5.41, 5.74) is 0.124. The lowest BCUT2D eigenvalue weighted by atomic mass is 9.74. The number of carbonyl (C=O) groups excluding carboxylic acids is 2. The number of hydrogen-bond donors (Lipinski definition) is 0. The van der Waals surface area contributed by atoms with Gasteiger partial charge in [0.25, 0.3) is 5.91 Å². The number of nitrogens with zero attached hydrogens (tertiary/aromatic N) is 5. The third-order valence-electron chi connectivity index (χ3n) is 6.11. The van der Waals surface area contributed by atoms with Gasteiger partial charge in [0.2, 0.25) is 11.8 Å². The van der Waals surface area contributed by atoms with Gasteiger partial charge in [-0.05, 0) is 25.0 Å². The van der Waals surface area contributed by atoms with Crippen LogP contribution < -0.4 is 4.90 Å². The zero-order chi connectivity index (χ0) is 20.6. The maximum atomic E-state index is 13.3. The van der Waals surface area contributed by atoms with Gasteiger partial charge in [0.15, 0.2) is 0 Å². The van der Waals surface area contributed by atoms with Crippen molar-refractivity contribution in [3.05, 3.63) is 41.8 Å². The molecule has 0 unspecified atom stereocenters. The van der Waals surface area contributed by atoms with Gasteiger partial charge in [0.1, 0.15) is 0 Å². The average Bonchev–Trinajstić information content (AvgIpc) is 3.26. The van der Waals surface area contributed by atoms with Crippen molar-refractivity contribution in [1.82, 2.24) is 20.0 Å². The maximum absolute atomic E-state index is 13.3. The van der Waals surface area contributed by atoms with Crippen LogP contribution in [0.3, 0.4) is 0 Å². The summed E-state index contributed by atoms with van der Waals surface area (Å²) >= 11 is 0. The highest BCUT2D eigenvalue weighted by atomic mass is 16.4. The van der Waals surface area contributed by atoms with E-state index in [2.05, 4.69) is 10.2 Å². The minimum Gasteiger partial charge on any atom is -0.408 e. The Morgan fingerprint density at radius 2 is 1.93 bits per heavy atom. The van der Waals surface area contributed by atoms with E-state index >= 15 is 0 Å². The second kappa shape index (κ2) is 7.50. The minimum atomic E-state index is -0.558. The molecule has 8 heteroatoms. The normalized spacial score (nSPS) is 24.2. The van der Waals surface area contributed by atoms with Gasteiger partial charge in [-0.3, -0.25) is 9.59 Å². The molecule has 8 nitrogen and oxygen atoms in total. The Morgan fingerprint density at radius 1 is 1.17 bits per heavy atom. The minimum absolute atomic E-state index is 0.000214. The molecule has 2 saturated heterocycles. The summed E-state index contributed by atoms with van der Waals surface area (Å²) in [6, 6.07) is 9.78. The monoisotopic (exact) mass is 397 g/mol. The number of amides is 2. The van der Waals surface area contributed by atoms with Gasteiger partial charge in [-0.15, -0.1) is 5.10 Å². The van der Waals surface area contributed by atoms with Gasteiger partial charge in [-0.1, -0.05) is 23.3 Å². The van der Waals surface area contributed by atoms with Crippen LogP contribution in [0.1, 0.15) is 29.1 Å². The molecule has 3 heterocycles. The van der Waals surface area contributed by atoms with E-state index in [1.165, 1.54) is 0 Å². The lowest BCUT2D eigenvalue weighted by Crippen LogP contribution is -2.47. The molecule has 154 valence electrons.